The lowest BCUT2D eigenvalue weighted by Crippen LogP contribution is -2.53. The Morgan fingerprint density at radius 2 is 1.76 bits per heavy atom. The van der Waals surface area contributed by atoms with Crippen LogP contribution in [-0.4, -0.2) is 58.0 Å². The van der Waals surface area contributed by atoms with E-state index in [-0.39, 0.29) is 65.5 Å². The van der Waals surface area contributed by atoms with Crippen molar-refractivity contribution in [3.8, 4) is 5.75 Å². The van der Waals surface area contributed by atoms with Gasteiger partial charge in [0, 0.05) is 36.4 Å². The summed E-state index contributed by atoms with van der Waals surface area (Å²) in [4.78, 5) is 63.3. The number of carboxylic acid groups (broad SMARTS) is 1. The molecular formula is C40H43ClN4O9. The molecule has 0 aliphatic heterocycles. The van der Waals surface area contributed by atoms with Crippen LogP contribution < -0.4 is 15.4 Å². The molecule has 2 aliphatic rings. The molecular weight excluding hydrogens is 716 g/mol. The average molecular weight is 759 g/mol. The average Bonchev–Trinajstić information content (AvgIpc) is 3.17. The number of methoxy groups -OCH3 is 1. The zero-order valence-corrected chi connectivity index (χ0v) is 30.8. The zero-order chi connectivity index (χ0) is 38.9. The molecule has 3 aromatic carbocycles. The number of aldehydes is 1. The van der Waals surface area contributed by atoms with Crippen molar-refractivity contribution in [2.75, 3.05) is 12.4 Å². The van der Waals surface area contributed by atoms with Gasteiger partial charge in [-0.05, 0) is 68.0 Å². The van der Waals surface area contributed by atoms with Gasteiger partial charge >= 0.3 is 12.2 Å². The summed E-state index contributed by atoms with van der Waals surface area (Å²) in [6, 6.07) is 17.7. The van der Waals surface area contributed by atoms with Gasteiger partial charge in [-0.25, -0.2) is 9.59 Å². The van der Waals surface area contributed by atoms with Crippen LogP contribution in [0.25, 0.3) is 0 Å². The molecule has 54 heavy (non-hydrogen) atoms. The highest BCUT2D eigenvalue weighted by atomic mass is 35.5. The van der Waals surface area contributed by atoms with Crippen molar-refractivity contribution < 1.29 is 38.7 Å². The molecule has 5 rings (SSSR count). The maximum absolute atomic E-state index is 13.5. The number of ether oxygens (including phenoxy) is 2. The van der Waals surface area contributed by atoms with Crippen LogP contribution in [0.5, 0.6) is 5.75 Å². The maximum Gasteiger partial charge on any atom is 0.411 e. The third kappa shape index (κ3) is 9.26. The van der Waals surface area contributed by atoms with Crippen molar-refractivity contribution >= 4 is 47.4 Å². The van der Waals surface area contributed by atoms with Gasteiger partial charge in [0.05, 0.1) is 39.3 Å². The third-order valence-electron chi connectivity index (χ3n) is 9.99. The first-order valence-electron chi connectivity index (χ1n) is 17.7. The molecule has 1 fully saturated rings. The zero-order valence-electron chi connectivity index (χ0n) is 30.1. The molecule has 0 spiro atoms. The van der Waals surface area contributed by atoms with E-state index in [4.69, 9.17) is 21.1 Å². The number of anilines is 1. The van der Waals surface area contributed by atoms with Crippen molar-refractivity contribution in [2.45, 2.75) is 81.9 Å². The van der Waals surface area contributed by atoms with Gasteiger partial charge in [0.2, 0.25) is 5.91 Å². The summed E-state index contributed by atoms with van der Waals surface area (Å²) >= 11 is 6.33. The number of nitro benzene ring substituents is 1. The SMILES string of the molecule is COc1cc(NC(=O)CCC[C@]2(NC(=O)OCc3ccc([N+](=O)[O-])cc3)C=C[C@@](C)(c3ccccc3)C(N(C(=O)O)C3CCCCC3)=C2)c(Cl)cc1C=O. The van der Waals surface area contributed by atoms with E-state index in [9.17, 15) is 34.4 Å². The minimum Gasteiger partial charge on any atom is -0.496 e. The summed E-state index contributed by atoms with van der Waals surface area (Å²) in [5.41, 5.74) is 0.0665. The van der Waals surface area contributed by atoms with Crippen LogP contribution >= 0.6 is 11.6 Å². The van der Waals surface area contributed by atoms with Gasteiger partial charge < -0.3 is 25.2 Å². The number of hydrogen-bond donors (Lipinski definition) is 3. The minimum atomic E-state index is -1.29. The fourth-order valence-electron chi connectivity index (χ4n) is 7.06. The Hall–Kier alpha value is -5.69. The van der Waals surface area contributed by atoms with E-state index in [1.807, 2.05) is 49.4 Å². The lowest BCUT2D eigenvalue weighted by atomic mass is 9.70. The van der Waals surface area contributed by atoms with E-state index < -0.39 is 28.1 Å². The molecule has 14 heteroatoms. The molecule has 2 atom stereocenters. The molecule has 0 heterocycles. The molecule has 2 aliphatic carbocycles. The Balaban J connectivity index is 1.46. The summed E-state index contributed by atoms with van der Waals surface area (Å²) in [5.74, 6) is -0.145. The summed E-state index contributed by atoms with van der Waals surface area (Å²) in [6.07, 6.45) is 8.76. The van der Waals surface area contributed by atoms with Gasteiger partial charge in [0.1, 0.15) is 12.4 Å². The van der Waals surface area contributed by atoms with E-state index >= 15 is 0 Å². The van der Waals surface area contributed by atoms with Gasteiger partial charge in [0.15, 0.2) is 6.29 Å². The first kappa shape index (κ1) is 39.5. The van der Waals surface area contributed by atoms with E-state index in [0.717, 1.165) is 24.8 Å². The molecule has 0 aromatic heterocycles. The number of nitrogens with zero attached hydrogens (tertiary/aromatic N) is 2. The first-order valence-corrected chi connectivity index (χ1v) is 18.1. The molecule has 13 nitrogen and oxygen atoms in total. The second-order valence-corrected chi connectivity index (χ2v) is 14.0. The van der Waals surface area contributed by atoms with Gasteiger partial charge in [-0.15, -0.1) is 0 Å². The summed E-state index contributed by atoms with van der Waals surface area (Å²) in [6.45, 7) is 1.77. The number of halogens is 1. The van der Waals surface area contributed by atoms with Crippen LogP contribution in [0.1, 0.15) is 79.8 Å². The predicted molar refractivity (Wildman–Crippen MR) is 203 cm³/mol. The predicted octanol–water partition coefficient (Wildman–Crippen LogP) is 8.57. The Morgan fingerprint density at radius 3 is 2.39 bits per heavy atom. The number of carbonyl (C=O) groups is 4. The molecule has 3 N–H and O–H groups in total. The fourth-order valence-corrected chi connectivity index (χ4v) is 7.28. The normalized spacial score (nSPS) is 19.6. The molecule has 3 amide bonds. The van der Waals surface area contributed by atoms with Crippen LogP contribution in [0.3, 0.4) is 0 Å². The molecule has 0 unspecified atom stereocenters. The van der Waals surface area contributed by atoms with Gasteiger partial charge in [-0.2, -0.15) is 0 Å². The number of carbonyl (C=O) groups excluding carboxylic acids is 3. The Morgan fingerprint density at radius 1 is 1.06 bits per heavy atom. The smallest absolute Gasteiger partial charge is 0.411 e. The van der Waals surface area contributed by atoms with Crippen molar-refractivity contribution in [3.63, 3.8) is 0 Å². The lowest BCUT2D eigenvalue weighted by Gasteiger charge is -2.46. The molecule has 1 saturated carbocycles. The number of nitrogens with one attached hydrogen (secondary N) is 2. The molecule has 0 bridgehead atoms. The van der Waals surface area contributed by atoms with Crippen molar-refractivity contribution in [2.24, 2.45) is 0 Å². The van der Waals surface area contributed by atoms with Gasteiger partial charge in [-0.1, -0.05) is 73.3 Å². The van der Waals surface area contributed by atoms with Crippen LogP contribution in [0, 0.1) is 10.1 Å². The van der Waals surface area contributed by atoms with Gasteiger partial charge in [-0.3, -0.25) is 24.6 Å². The quantitative estimate of drug-likeness (QED) is 0.0629. The number of benzene rings is 3. The number of non-ortho nitro benzene ring substituents is 1. The van der Waals surface area contributed by atoms with Gasteiger partial charge in [0.25, 0.3) is 5.69 Å². The summed E-state index contributed by atoms with van der Waals surface area (Å²) in [5, 5.41) is 27.7. The number of hydrogen-bond acceptors (Lipinski definition) is 8. The fraction of sp³-hybridized carbons (Fsp3) is 0.350. The lowest BCUT2D eigenvalue weighted by molar-refractivity contribution is -0.384. The van der Waals surface area contributed by atoms with Crippen molar-refractivity contribution in [1.82, 2.24) is 10.2 Å². The molecule has 0 radical (unpaired) electrons. The second-order valence-electron chi connectivity index (χ2n) is 13.6. The van der Waals surface area contributed by atoms with E-state index in [0.29, 0.717) is 30.4 Å². The standard InChI is InChI=1S/C40H43ClN4O9/c1-39(29-10-5-3-6-11-29)20-21-40(24-35(39)44(38(49)50)30-12-7-4-8-13-30,43-37(48)54-26-27-15-17-31(18-16-27)45(51)52)19-9-14-36(47)42-33-23-34(53-2)28(25-46)22-32(33)41/h3,5-6,10-11,15-18,20-25,30H,4,7-9,12-14,19,26H2,1-2H3,(H,42,47)(H,43,48)(H,49,50)/t39-,40-/m0/s1. The van der Waals surface area contributed by atoms with Crippen LogP contribution in [0.2, 0.25) is 5.02 Å². The van der Waals surface area contributed by atoms with E-state index in [1.54, 1.807) is 6.08 Å². The Labute approximate surface area is 318 Å². The first-order chi connectivity index (χ1) is 25.9. The highest BCUT2D eigenvalue weighted by Gasteiger charge is 2.44. The molecule has 0 saturated heterocycles. The summed E-state index contributed by atoms with van der Waals surface area (Å²) in [7, 11) is 1.40. The number of nitro groups is 1. The number of rotatable bonds is 14. The Bertz CT molecular complexity index is 1930. The van der Waals surface area contributed by atoms with Crippen molar-refractivity contribution in [1.29, 1.82) is 0 Å². The van der Waals surface area contributed by atoms with Crippen LogP contribution in [-0.2, 0) is 21.6 Å². The molecule has 284 valence electrons. The van der Waals surface area contributed by atoms with Crippen LogP contribution in [0.15, 0.2) is 90.7 Å². The second kappa shape index (κ2) is 17.4. The topological polar surface area (TPSA) is 177 Å². The third-order valence-corrected chi connectivity index (χ3v) is 10.3. The maximum atomic E-state index is 13.5. The minimum absolute atomic E-state index is 0.00636. The number of amides is 3. The summed E-state index contributed by atoms with van der Waals surface area (Å²) < 4.78 is 10.8. The van der Waals surface area contributed by atoms with Crippen LogP contribution in [0.4, 0.5) is 21.0 Å². The van der Waals surface area contributed by atoms with E-state index in [1.165, 1.54) is 48.4 Å². The highest BCUT2D eigenvalue weighted by molar-refractivity contribution is 6.34. The van der Waals surface area contributed by atoms with E-state index in [2.05, 4.69) is 10.6 Å². The molecule has 3 aromatic rings. The number of allylic oxidation sites excluding steroid dienone is 1. The monoisotopic (exact) mass is 758 g/mol. The number of alkyl carbamates (subject to hydrolysis) is 1. The highest BCUT2D eigenvalue weighted by Crippen LogP contribution is 2.44. The van der Waals surface area contributed by atoms with Crippen molar-refractivity contribution in [3.05, 3.63) is 122 Å². The largest absolute Gasteiger partial charge is 0.496 e. The Kier molecular flexibility index (Phi) is 12.8.